The summed E-state index contributed by atoms with van der Waals surface area (Å²) in [5.41, 5.74) is 1.33. The fourth-order valence-corrected chi connectivity index (χ4v) is 4.37. The lowest BCUT2D eigenvalue weighted by Crippen LogP contribution is -2.42. The zero-order valence-electron chi connectivity index (χ0n) is 21.3. The number of aliphatic hydroxyl groups excluding tert-OH is 1. The lowest BCUT2D eigenvalue weighted by atomic mass is 9.86. The summed E-state index contributed by atoms with van der Waals surface area (Å²) < 4.78 is 26.0. The van der Waals surface area contributed by atoms with Crippen molar-refractivity contribution in [2.75, 3.05) is 26.3 Å². The predicted octanol–water partition coefficient (Wildman–Crippen LogP) is 4.53. The van der Waals surface area contributed by atoms with Crippen molar-refractivity contribution in [3.05, 3.63) is 35.7 Å². The molecule has 1 aromatic carbocycles. The van der Waals surface area contributed by atoms with Crippen molar-refractivity contribution >= 4 is 17.6 Å². The monoisotopic (exact) mass is 490 g/mol. The highest BCUT2D eigenvalue weighted by atomic mass is 19.1. The molecule has 0 bridgehead atoms. The van der Waals surface area contributed by atoms with Crippen molar-refractivity contribution < 1.29 is 28.6 Å². The molecule has 1 aliphatic carbocycles. The van der Waals surface area contributed by atoms with Gasteiger partial charge in [0.1, 0.15) is 5.60 Å². The first-order valence-electron chi connectivity index (χ1n) is 12.6. The molecule has 1 saturated heterocycles. The lowest BCUT2D eigenvalue weighted by molar-refractivity contribution is -0.126. The van der Waals surface area contributed by atoms with Crippen LogP contribution in [-0.2, 0) is 9.53 Å². The van der Waals surface area contributed by atoms with Crippen molar-refractivity contribution in [2.45, 2.75) is 71.4 Å². The zero-order valence-corrected chi connectivity index (χ0v) is 21.3. The van der Waals surface area contributed by atoms with Crippen molar-refractivity contribution in [1.29, 1.82) is 0 Å². The first-order chi connectivity index (χ1) is 16.6. The molecule has 0 radical (unpaired) electrons. The second-order valence-corrected chi connectivity index (χ2v) is 10.7. The van der Waals surface area contributed by atoms with Crippen LogP contribution in [-0.4, -0.2) is 60.0 Å². The topological polar surface area (TPSA) is 88.1 Å². The van der Waals surface area contributed by atoms with E-state index in [0.717, 1.165) is 24.0 Å². The summed E-state index contributed by atoms with van der Waals surface area (Å²) in [7, 11) is 0. The molecule has 0 aromatic heterocycles. The molecule has 1 heterocycles. The second-order valence-electron chi connectivity index (χ2n) is 10.7. The summed E-state index contributed by atoms with van der Waals surface area (Å²) in [4.78, 5) is 26.2. The standard InChI is InChI=1S/C27H39FN2O5/c1-18(16-31)29-25(32)21-7-5-20(6-8-21)22-9-10-24(23(28)15-22)34-17-19-11-13-30(14-12-19)26(33)35-27(2,3)4/h5,9-10,15,18-19,21,31H,6-8,11-14,16-17H2,1-4H3,(H,29,32). The molecule has 2 aliphatic rings. The van der Waals surface area contributed by atoms with Gasteiger partial charge in [-0.15, -0.1) is 0 Å². The summed E-state index contributed by atoms with van der Waals surface area (Å²) >= 11 is 0. The maximum Gasteiger partial charge on any atom is 0.410 e. The van der Waals surface area contributed by atoms with E-state index in [4.69, 9.17) is 14.6 Å². The van der Waals surface area contributed by atoms with E-state index in [9.17, 15) is 14.0 Å². The normalized spacial score (nSPS) is 20.1. The average Bonchev–Trinajstić information content (AvgIpc) is 2.82. The van der Waals surface area contributed by atoms with Crippen LogP contribution in [0.15, 0.2) is 24.3 Å². The number of allylic oxidation sites excluding steroid dienone is 2. The number of nitrogens with zero attached hydrogens (tertiary/aromatic N) is 1. The molecule has 194 valence electrons. The van der Waals surface area contributed by atoms with Gasteiger partial charge in [-0.05, 0) is 89.0 Å². The number of carbonyl (C=O) groups is 2. The Labute approximate surface area is 207 Å². The van der Waals surface area contributed by atoms with Gasteiger partial charge < -0.3 is 24.8 Å². The van der Waals surface area contributed by atoms with Gasteiger partial charge in [0.2, 0.25) is 5.91 Å². The smallest absolute Gasteiger partial charge is 0.410 e. The van der Waals surface area contributed by atoms with Crippen LogP contribution in [0, 0.1) is 17.7 Å². The third-order valence-electron chi connectivity index (χ3n) is 6.49. The average molecular weight is 491 g/mol. The van der Waals surface area contributed by atoms with Crippen molar-refractivity contribution in [2.24, 2.45) is 11.8 Å². The number of aliphatic hydroxyl groups is 1. The summed E-state index contributed by atoms with van der Waals surface area (Å²) in [6, 6.07) is 4.78. The van der Waals surface area contributed by atoms with E-state index in [1.807, 2.05) is 32.9 Å². The highest BCUT2D eigenvalue weighted by Crippen LogP contribution is 2.32. The van der Waals surface area contributed by atoms with Crippen LogP contribution < -0.4 is 10.1 Å². The number of amides is 2. The molecular weight excluding hydrogens is 451 g/mol. The number of likely N-dealkylation sites (tertiary alicyclic amines) is 1. The molecule has 1 aromatic rings. The van der Waals surface area contributed by atoms with E-state index in [-0.39, 0.29) is 42.2 Å². The molecule has 1 fully saturated rings. The molecule has 0 saturated carbocycles. The molecule has 2 amide bonds. The Morgan fingerprint density at radius 3 is 2.51 bits per heavy atom. The molecule has 8 heteroatoms. The maximum atomic E-state index is 14.8. The van der Waals surface area contributed by atoms with Gasteiger partial charge in [0.25, 0.3) is 0 Å². The summed E-state index contributed by atoms with van der Waals surface area (Å²) in [6.07, 6.45) is 5.28. The Bertz CT molecular complexity index is 919. The molecule has 0 spiro atoms. The third-order valence-corrected chi connectivity index (χ3v) is 6.49. The van der Waals surface area contributed by atoms with Crippen LogP contribution in [0.2, 0.25) is 0 Å². The molecule has 2 unspecified atom stereocenters. The zero-order chi connectivity index (χ0) is 25.6. The van der Waals surface area contributed by atoms with Gasteiger partial charge >= 0.3 is 6.09 Å². The van der Waals surface area contributed by atoms with Crippen molar-refractivity contribution in [3.63, 3.8) is 0 Å². The summed E-state index contributed by atoms with van der Waals surface area (Å²) in [6.45, 7) is 8.86. The first kappa shape index (κ1) is 27.0. The van der Waals surface area contributed by atoms with E-state index in [0.29, 0.717) is 39.0 Å². The minimum atomic E-state index is -0.510. The molecule has 35 heavy (non-hydrogen) atoms. The van der Waals surface area contributed by atoms with Crippen LogP contribution in [0.4, 0.5) is 9.18 Å². The maximum absolute atomic E-state index is 14.8. The number of piperidine rings is 1. The number of nitrogens with one attached hydrogen (secondary N) is 1. The molecule has 1 aliphatic heterocycles. The van der Waals surface area contributed by atoms with Crippen molar-refractivity contribution in [3.8, 4) is 5.75 Å². The van der Waals surface area contributed by atoms with E-state index >= 15 is 0 Å². The minimum Gasteiger partial charge on any atom is -0.490 e. The summed E-state index contributed by atoms with van der Waals surface area (Å²) in [5, 5.41) is 11.9. The van der Waals surface area contributed by atoms with Gasteiger partial charge in [-0.2, -0.15) is 0 Å². The third kappa shape index (κ3) is 7.95. The fourth-order valence-electron chi connectivity index (χ4n) is 4.37. The molecule has 2 atom stereocenters. The fraction of sp³-hybridized carbons (Fsp3) is 0.630. The summed E-state index contributed by atoms with van der Waals surface area (Å²) in [5.74, 6) is -0.0812. The van der Waals surface area contributed by atoms with Crippen LogP contribution in [0.25, 0.3) is 5.57 Å². The van der Waals surface area contributed by atoms with Gasteiger partial charge in [0.05, 0.1) is 13.2 Å². The SMILES string of the molecule is CC(CO)NC(=O)C1CC=C(c2ccc(OCC3CCN(C(=O)OC(C)(C)C)CC3)c(F)c2)CC1. The highest BCUT2D eigenvalue weighted by molar-refractivity contribution is 5.80. The Morgan fingerprint density at radius 1 is 1.23 bits per heavy atom. The van der Waals surface area contributed by atoms with E-state index in [1.165, 1.54) is 6.07 Å². The Balaban J connectivity index is 1.47. The van der Waals surface area contributed by atoms with Crippen LogP contribution in [0.1, 0.15) is 65.4 Å². The van der Waals surface area contributed by atoms with Gasteiger partial charge in [-0.3, -0.25) is 4.79 Å². The second kappa shape index (κ2) is 11.9. The Morgan fingerprint density at radius 2 is 1.94 bits per heavy atom. The van der Waals surface area contributed by atoms with Gasteiger partial charge in [-0.1, -0.05) is 12.1 Å². The highest BCUT2D eigenvalue weighted by Gasteiger charge is 2.27. The largest absolute Gasteiger partial charge is 0.490 e. The molecule has 7 nitrogen and oxygen atoms in total. The first-order valence-corrected chi connectivity index (χ1v) is 12.6. The van der Waals surface area contributed by atoms with Crippen LogP contribution in [0.5, 0.6) is 5.75 Å². The van der Waals surface area contributed by atoms with Gasteiger partial charge in [0, 0.05) is 25.0 Å². The number of hydrogen-bond acceptors (Lipinski definition) is 5. The van der Waals surface area contributed by atoms with Gasteiger partial charge in [0.15, 0.2) is 11.6 Å². The quantitative estimate of drug-likeness (QED) is 0.586. The van der Waals surface area contributed by atoms with E-state index in [1.54, 1.807) is 17.9 Å². The molecule has 2 N–H and O–H groups in total. The van der Waals surface area contributed by atoms with E-state index < -0.39 is 11.4 Å². The number of ether oxygens (including phenoxy) is 2. The lowest BCUT2D eigenvalue weighted by Gasteiger charge is -2.33. The molecular formula is C27H39FN2O5. The van der Waals surface area contributed by atoms with Crippen molar-refractivity contribution in [1.82, 2.24) is 10.2 Å². The number of benzene rings is 1. The number of halogens is 1. The van der Waals surface area contributed by atoms with Crippen LogP contribution in [0.3, 0.4) is 0 Å². The minimum absolute atomic E-state index is 0.0475. The molecule has 3 rings (SSSR count). The van der Waals surface area contributed by atoms with E-state index in [2.05, 4.69) is 5.32 Å². The Kier molecular flexibility index (Phi) is 9.16. The predicted molar refractivity (Wildman–Crippen MR) is 132 cm³/mol. The number of carbonyl (C=O) groups excluding carboxylic acids is 2. The number of hydrogen-bond donors (Lipinski definition) is 2. The number of rotatable bonds is 7. The van der Waals surface area contributed by atoms with Crippen LogP contribution >= 0.6 is 0 Å². The Hall–Kier alpha value is -2.61. The van der Waals surface area contributed by atoms with Gasteiger partial charge in [-0.25, -0.2) is 9.18 Å².